The van der Waals surface area contributed by atoms with Gasteiger partial charge in [0.25, 0.3) is 0 Å². The molecule has 0 bridgehead atoms. The SMILES string of the molecule is CC(C)CCCNC1CCCC(C)(C)C1. The summed E-state index contributed by atoms with van der Waals surface area (Å²) in [6, 6.07) is 0.793. The fourth-order valence-corrected chi connectivity index (χ4v) is 2.69. The van der Waals surface area contributed by atoms with E-state index in [1.807, 2.05) is 0 Å². The molecule has 0 aromatic heterocycles. The monoisotopic (exact) mass is 211 g/mol. The molecule has 1 aliphatic carbocycles. The first-order chi connectivity index (χ1) is 6.99. The summed E-state index contributed by atoms with van der Waals surface area (Å²) in [5.41, 5.74) is 0.577. The Bertz CT molecular complexity index is 172. The molecule has 0 aliphatic heterocycles. The van der Waals surface area contributed by atoms with Crippen molar-refractivity contribution in [3.05, 3.63) is 0 Å². The molecule has 1 nitrogen and oxygen atoms in total. The molecule has 0 heterocycles. The summed E-state index contributed by atoms with van der Waals surface area (Å²) >= 11 is 0. The fourth-order valence-electron chi connectivity index (χ4n) is 2.69. The van der Waals surface area contributed by atoms with Crippen LogP contribution in [0.3, 0.4) is 0 Å². The van der Waals surface area contributed by atoms with Gasteiger partial charge in [0.05, 0.1) is 0 Å². The molecule has 1 fully saturated rings. The van der Waals surface area contributed by atoms with Crippen LogP contribution in [0.4, 0.5) is 0 Å². The van der Waals surface area contributed by atoms with E-state index in [0.29, 0.717) is 5.41 Å². The molecule has 1 atom stereocenters. The van der Waals surface area contributed by atoms with Crippen LogP contribution in [0.25, 0.3) is 0 Å². The van der Waals surface area contributed by atoms with Crippen LogP contribution in [0.2, 0.25) is 0 Å². The molecule has 1 unspecified atom stereocenters. The molecule has 0 spiro atoms. The van der Waals surface area contributed by atoms with E-state index in [4.69, 9.17) is 0 Å². The molecule has 1 saturated carbocycles. The van der Waals surface area contributed by atoms with Gasteiger partial charge in [-0.05, 0) is 50.0 Å². The van der Waals surface area contributed by atoms with E-state index in [-0.39, 0.29) is 0 Å². The van der Waals surface area contributed by atoms with E-state index in [9.17, 15) is 0 Å². The third-order valence-electron chi connectivity index (χ3n) is 3.60. The van der Waals surface area contributed by atoms with E-state index in [1.165, 1.54) is 45.1 Å². The summed E-state index contributed by atoms with van der Waals surface area (Å²) in [5, 5.41) is 3.73. The lowest BCUT2D eigenvalue weighted by Gasteiger charge is -2.35. The van der Waals surface area contributed by atoms with Crippen LogP contribution >= 0.6 is 0 Å². The molecule has 0 amide bonds. The molecule has 0 aromatic carbocycles. The highest BCUT2D eigenvalue weighted by atomic mass is 14.9. The van der Waals surface area contributed by atoms with Crippen molar-refractivity contribution in [2.45, 2.75) is 72.3 Å². The largest absolute Gasteiger partial charge is 0.314 e. The van der Waals surface area contributed by atoms with Crippen LogP contribution in [0.1, 0.15) is 66.2 Å². The van der Waals surface area contributed by atoms with Crippen molar-refractivity contribution in [3.63, 3.8) is 0 Å². The Kier molecular flexibility index (Phi) is 5.11. The second-order valence-corrected chi connectivity index (χ2v) is 6.45. The highest BCUT2D eigenvalue weighted by Crippen LogP contribution is 2.34. The fraction of sp³-hybridized carbons (Fsp3) is 1.00. The number of hydrogen-bond acceptors (Lipinski definition) is 1. The quantitative estimate of drug-likeness (QED) is 0.678. The lowest BCUT2D eigenvalue weighted by molar-refractivity contribution is 0.198. The smallest absolute Gasteiger partial charge is 0.00721 e. The topological polar surface area (TPSA) is 12.0 Å². The highest BCUT2D eigenvalue weighted by Gasteiger charge is 2.27. The van der Waals surface area contributed by atoms with Crippen molar-refractivity contribution in [1.29, 1.82) is 0 Å². The van der Waals surface area contributed by atoms with Crippen LogP contribution < -0.4 is 5.32 Å². The minimum Gasteiger partial charge on any atom is -0.314 e. The summed E-state index contributed by atoms with van der Waals surface area (Å²) in [6.45, 7) is 10.7. The predicted molar refractivity (Wildman–Crippen MR) is 68.1 cm³/mol. The lowest BCUT2D eigenvalue weighted by atomic mass is 9.75. The minimum absolute atomic E-state index is 0.577. The van der Waals surface area contributed by atoms with Crippen LogP contribution in [0.5, 0.6) is 0 Å². The van der Waals surface area contributed by atoms with Gasteiger partial charge in [-0.15, -0.1) is 0 Å². The molecule has 90 valence electrons. The third-order valence-corrected chi connectivity index (χ3v) is 3.60. The Hall–Kier alpha value is -0.0400. The first-order valence-electron chi connectivity index (χ1n) is 6.73. The van der Waals surface area contributed by atoms with Gasteiger partial charge in [0, 0.05) is 6.04 Å². The van der Waals surface area contributed by atoms with E-state index < -0.39 is 0 Å². The number of rotatable bonds is 5. The average Bonchev–Trinajstić information content (AvgIpc) is 2.10. The average molecular weight is 211 g/mol. The maximum absolute atomic E-state index is 3.73. The van der Waals surface area contributed by atoms with Gasteiger partial charge in [-0.3, -0.25) is 0 Å². The Morgan fingerprint density at radius 3 is 2.67 bits per heavy atom. The first kappa shape index (κ1) is 13.0. The second-order valence-electron chi connectivity index (χ2n) is 6.45. The maximum atomic E-state index is 3.73. The number of nitrogens with one attached hydrogen (secondary N) is 1. The van der Waals surface area contributed by atoms with Crippen LogP contribution in [-0.2, 0) is 0 Å². The molecular formula is C14H29N. The summed E-state index contributed by atoms with van der Waals surface area (Å²) in [6.07, 6.45) is 8.30. The zero-order valence-electron chi connectivity index (χ0n) is 11.1. The molecule has 1 aliphatic rings. The first-order valence-corrected chi connectivity index (χ1v) is 6.73. The molecule has 0 aromatic rings. The van der Waals surface area contributed by atoms with Crippen molar-refractivity contribution in [3.8, 4) is 0 Å². The molecular weight excluding hydrogens is 182 g/mol. The van der Waals surface area contributed by atoms with Crippen molar-refractivity contribution in [2.75, 3.05) is 6.54 Å². The molecule has 0 radical (unpaired) electrons. The van der Waals surface area contributed by atoms with Crippen molar-refractivity contribution in [2.24, 2.45) is 11.3 Å². The molecule has 15 heavy (non-hydrogen) atoms. The lowest BCUT2D eigenvalue weighted by Crippen LogP contribution is -2.37. The van der Waals surface area contributed by atoms with Crippen LogP contribution in [0, 0.1) is 11.3 Å². The van der Waals surface area contributed by atoms with Gasteiger partial charge in [-0.1, -0.05) is 34.1 Å². The number of hydrogen-bond donors (Lipinski definition) is 1. The van der Waals surface area contributed by atoms with Gasteiger partial charge >= 0.3 is 0 Å². The molecule has 1 rings (SSSR count). The Balaban J connectivity index is 2.11. The Morgan fingerprint density at radius 1 is 1.33 bits per heavy atom. The summed E-state index contributed by atoms with van der Waals surface area (Å²) in [4.78, 5) is 0. The van der Waals surface area contributed by atoms with Gasteiger partial charge in [0.1, 0.15) is 0 Å². The summed E-state index contributed by atoms with van der Waals surface area (Å²) < 4.78 is 0. The van der Waals surface area contributed by atoms with Gasteiger partial charge in [-0.25, -0.2) is 0 Å². The second kappa shape index (κ2) is 5.89. The van der Waals surface area contributed by atoms with Gasteiger partial charge in [0.2, 0.25) is 0 Å². The molecule has 0 saturated heterocycles. The van der Waals surface area contributed by atoms with Gasteiger partial charge in [-0.2, -0.15) is 0 Å². The van der Waals surface area contributed by atoms with E-state index in [1.54, 1.807) is 0 Å². The Morgan fingerprint density at radius 2 is 2.07 bits per heavy atom. The van der Waals surface area contributed by atoms with E-state index in [0.717, 1.165) is 12.0 Å². The normalized spacial score (nSPS) is 25.8. The standard InChI is InChI=1S/C14H29N/c1-12(2)7-6-10-15-13-8-5-9-14(3,4)11-13/h12-13,15H,5-11H2,1-4H3. The third kappa shape index (κ3) is 5.55. The van der Waals surface area contributed by atoms with Crippen molar-refractivity contribution in [1.82, 2.24) is 5.32 Å². The van der Waals surface area contributed by atoms with Crippen LogP contribution in [-0.4, -0.2) is 12.6 Å². The zero-order valence-corrected chi connectivity index (χ0v) is 11.1. The van der Waals surface area contributed by atoms with E-state index >= 15 is 0 Å². The van der Waals surface area contributed by atoms with Crippen molar-refractivity contribution < 1.29 is 0 Å². The van der Waals surface area contributed by atoms with Crippen molar-refractivity contribution >= 4 is 0 Å². The summed E-state index contributed by atoms with van der Waals surface area (Å²) in [7, 11) is 0. The van der Waals surface area contributed by atoms with E-state index in [2.05, 4.69) is 33.0 Å². The van der Waals surface area contributed by atoms with Crippen LogP contribution in [0.15, 0.2) is 0 Å². The molecule has 1 heteroatoms. The summed E-state index contributed by atoms with van der Waals surface area (Å²) in [5.74, 6) is 0.856. The highest BCUT2D eigenvalue weighted by molar-refractivity contribution is 4.83. The minimum atomic E-state index is 0.577. The Labute approximate surface area is 96.0 Å². The zero-order chi connectivity index (χ0) is 11.3. The predicted octanol–water partition coefficient (Wildman–Crippen LogP) is 3.98. The van der Waals surface area contributed by atoms with Gasteiger partial charge < -0.3 is 5.32 Å². The van der Waals surface area contributed by atoms with Gasteiger partial charge in [0.15, 0.2) is 0 Å². The maximum Gasteiger partial charge on any atom is 0.00721 e. The molecule has 1 N–H and O–H groups in total.